The zero-order valence-electron chi connectivity index (χ0n) is 14.9. The summed E-state index contributed by atoms with van der Waals surface area (Å²) in [6.07, 6.45) is 10.7. The monoisotopic (exact) mass is 363 g/mol. The van der Waals surface area contributed by atoms with E-state index in [9.17, 15) is 9.90 Å². The molecular weight excluding hydrogens is 342 g/mol. The minimum atomic E-state index is -0.231. The van der Waals surface area contributed by atoms with E-state index in [0.717, 1.165) is 30.8 Å². The van der Waals surface area contributed by atoms with Crippen LogP contribution in [0.15, 0.2) is 55.2 Å². The van der Waals surface area contributed by atoms with Gasteiger partial charge in [-0.05, 0) is 42.7 Å². The lowest BCUT2D eigenvalue weighted by Gasteiger charge is -2.32. The van der Waals surface area contributed by atoms with Gasteiger partial charge in [-0.15, -0.1) is 0 Å². The largest absolute Gasteiger partial charge is 0.505 e. The number of imidazole rings is 1. The number of carbonyl (C=O) groups is 1. The molecule has 1 aliphatic heterocycles. The van der Waals surface area contributed by atoms with Gasteiger partial charge >= 0.3 is 0 Å². The Balaban J connectivity index is 1.52. The fourth-order valence-corrected chi connectivity index (χ4v) is 3.58. The number of carbonyl (C=O) groups excluding carboxylic acids is 1. The van der Waals surface area contributed by atoms with Crippen molar-refractivity contribution in [2.75, 3.05) is 13.1 Å². The van der Waals surface area contributed by atoms with Crippen LogP contribution in [0.4, 0.5) is 0 Å². The average Bonchev–Trinajstić information content (AvgIpc) is 3.17. The van der Waals surface area contributed by atoms with E-state index in [1.807, 2.05) is 24.5 Å². The summed E-state index contributed by atoms with van der Waals surface area (Å²) in [6, 6.07) is 7.08. The summed E-state index contributed by atoms with van der Waals surface area (Å²) in [5, 5.41) is 9.94. The number of piperidine rings is 1. The maximum atomic E-state index is 12.8. The van der Waals surface area contributed by atoms with E-state index in [-0.39, 0.29) is 23.3 Å². The second-order valence-electron chi connectivity index (χ2n) is 6.73. The molecule has 0 aromatic carbocycles. The summed E-state index contributed by atoms with van der Waals surface area (Å²) in [5.41, 5.74) is 1.27. The quantitative estimate of drug-likeness (QED) is 0.770. The van der Waals surface area contributed by atoms with Gasteiger partial charge in [-0.3, -0.25) is 9.78 Å². The summed E-state index contributed by atoms with van der Waals surface area (Å²) in [4.78, 5) is 27.2. The van der Waals surface area contributed by atoms with Crippen molar-refractivity contribution < 1.29 is 9.90 Å². The maximum Gasteiger partial charge on any atom is 0.276 e. The van der Waals surface area contributed by atoms with E-state index >= 15 is 0 Å². The topological polar surface area (TPSA) is 84.1 Å². The van der Waals surface area contributed by atoms with E-state index in [1.165, 1.54) is 12.3 Å². The van der Waals surface area contributed by atoms with Gasteiger partial charge in [0.2, 0.25) is 0 Å². The third kappa shape index (κ3) is 3.67. The highest BCUT2D eigenvalue weighted by Crippen LogP contribution is 2.28. The minimum Gasteiger partial charge on any atom is -0.505 e. The number of aromatic hydroxyl groups is 1. The highest BCUT2D eigenvalue weighted by Gasteiger charge is 2.29. The number of aromatic nitrogens is 4. The van der Waals surface area contributed by atoms with Gasteiger partial charge < -0.3 is 14.6 Å². The second kappa shape index (κ2) is 7.57. The predicted molar refractivity (Wildman–Crippen MR) is 99.3 cm³/mol. The second-order valence-corrected chi connectivity index (χ2v) is 6.73. The van der Waals surface area contributed by atoms with Crippen molar-refractivity contribution in [1.82, 2.24) is 24.4 Å². The Bertz CT molecular complexity index is 925. The van der Waals surface area contributed by atoms with Crippen molar-refractivity contribution in [3.8, 4) is 5.75 Å². The third-order valence-corrected chi connectivity index (χ3v) is 4.91. The molecule has 1 fully saturated rings. The Hall–Kier alpha value is -3.22. The molecule has 1 saturated heterocycles. The molecule has 0 radical (unpaired) electrons. The summed E-state index contributed by atoms with van der Waals surface area (Å²) in [5.74, 6) is 0.828. The molecule has 27 heavy (non-hydrogen) atoms. The summed E-state index contributed by atoms with van der Waals surface area (Å²) >= 11 is 0. The molecule has 0 saturated carbocycles. The van der Waals surface area contributed by atoms with Gasteiger partial charge in [-0.2, -0.15) is 0 Å². The van der Waals surface area contributed by atoms with Crippen molar-refractivity contribution in [2.24, 2.45) is 0 Å². The summed E-state index contributed by atoms with van der Waals surface area (Å²) in [6.45, 7) is 1.96. The molecule has 4 heterocycles. The van der Waals surface area contributed by atoms with E-state index in [0.29, 0.717) is 13.1 Å². The summed E-state index contributed by atoms with van der Waals surface area (Å²) < 4.78 is 2.13. The Morgan fingerprint density at radius 1 is 1.15 bits per heavy atom. The van der Waals surface area contributed by atoms with Gasteiger partial charge in [-0.25, -0.2) is 9.97 Å². The van der Waals surface area contributed by atoms with Crippen molar-refractivity contribution in [3.63, 3.8) is 0 Å². The van der Waals surface area contributed by atoms with Crippen molar-refractivity contribution in [2.45, 2.75) is 25.3 Å². The van der Waals surface area contributed by atoms with Crippen LogP contribution < -0.4 is 0 Å². The highest BCUT2D eigenvalue weighted by atomic mass is 16.3. The van der Waals surface area contributed by atoms with Crippen LogP contribution in [0.2, 0.25) is 0 Å². The lowest BCUT2D eigenvalue weighted by atomic mass is 9.96. The third-order valence-electron chi connectivity index (χ3n) is 4.91. The number of rotatable bonds is 4. The Kier molecular flexibility index (Phi) is 4.82. The molecule has 7 heteroatoms. The average molecular weight is 363 g/mol. The van der Waals surface area contributed by atoms with E-state index in [1.54, 1.807) is 23.4 Å². The van der Waals surface area contributed by atoms with Gasteiger partial charge in [0.25, 0.3) is 5.91 Å². The maximum absolute atomic E-state index is 12.8. The zero-order valence-corrected chi connectivity index (χ0v) is 14.9. The van der Waals surface area contributed by atoms with Crippen LogP contribution >= 0.6 is 0 Å². The van der Waals surface area contributed by atoms with Crippen LogP contribution in [0, 0.1) is 0 Å². The number of nitrogens with zero attached hydrogens (tertiary/aromatic N) is 5. The van der Waals surface area contributed by atoms with Gasteiger partial charge in [0.15, 0.2) is 5.69 Å². The molecular formula is C20H21N5O2. The first kappa shape index (κ1) is 17.2. The molecule has 1 aliphatic rings. The number of hydrogen-bond donors (Lipinski definition) is 1. The van der Waals surface area contributed by atoms with E-state index < -0.39 is 0 Å². The van der Waals surface area contributed by atoms with Crippen LogP contribution in [-0.2, 0) is 6.54 Å². The van der Waals surface area contributed by atoms with Gasteiger partial charge in [0.05, 0.1) is 0 Å². The van der Waals surface area contributed by atoms with Crippen molar-refractivity contribution in [3.05, 3.63) is 72.3 Å². The fraction of sp³-hybridized carbons (Fsp3) is 0.300. The normalized spacial score (nSPS) is 17.0. The molecule has 1 unspecified atom stereocenters. The number of likely N-dealkylation sites (tertiary alicyclic amines) is 1. The fourth-order valence-electron chi connectivity index (χ4n) is 3.58. The molecule has 0 bridgehead atoms. The number of hydrogen-bond acceptors (Lipinski definition) is 5. The van der Waals surface area contributed by atoms with Crippen molar-refractivity contribution >= 4 is 5.91 Å². The standard InChI is InChI=1S/C20H21N5O2/c26-17-4-1-7-22-18(17)20(27)25-11-2-3-16(14-25)19-23-10-12-24(19)13-15-5-8-21-9-6-15/h1,4-10,12,16,26H,2-3,11,13-14H2. The molecule has 3 aromatic rings. The molecule has 0 spiro atoms. The highest BCUT2D eigenvalue weighted by molar-refractivity contribution is 5.94. The predicted octanol–water partition coefficient (Wildman–Crippen LogP) is 2.45. The molecule has 4 rings (SSSR count). The van der Waals surface area contributed by atoms with E-state index in [4.69, 9.17) is 0 Å². The molecule has 7 nitrogen and oxygen atoms in total. The smallest absolute Gasteiger partial charge is 0.276 e. The number of amides is 1. The SMILES string of the molecule is O=C(c1ncccc1O)N1CCCC(c2nccn2Cc2ccncc2)C1. The molecule has 3 aromatic heterocycles. The zero-order chi connectivity index (χ0) is 18.6. The Labute approximate surface area is 157 Å². The molecule has 138 valence electrons. The Morgan fingerprint density at radius 3 is 2.81 bits per heavy atom. The molecule has 1 atom stereocenters. The van der Waals surface area contributed by atoms with Crippen LogP contribution in [0.25, 0.3) is 0 Å². The van der Waals surface area contributed by atoms with Crippen LogP contribution in [0.3, 0.4) is 0 Å². The molecule has 0 aliphatic carbocycles. The Morgan fingerprint density at radius 2 is 2.00 bits per heavy atom. The van der Waals surface area contributed by atoms with Crippen LogP contribution in [-0.4, -0.2) is 48.5 Å². The van der Waals surface area contributed by atoms with Crippen molar-refractivity contribution in [1.29, 1.82) is 0 Å². The minimum absolute atomic E-state index is 0.0798. The molecule has 1 amide bonds. The lowest BCUT2D eigenvalue weighted by Crippen LogP contribution is -2.40. The number of pyridine rings is 2. The van der Waals surface area contributed by atoms with Gasteiger partial charge in [0.1, 0.15) is 11.6 Å². The molecule has 1 N–H and O–H groups in total. The lowest BCUT2D eigenvalue weighted by molar-refractivity contribution is 0.0694. The first-order chi connectivity index (χ1) is 13.2. The van der Waals surface area contributed by atoms with Gasteiger partial charge in [-0.1, -0.05) is 0 Å². The van der Waals surface area contributed by atoms with E-state index in [2.05, 4.69) is 19.5 Å². The first-order valence-electron chi connectivity index (χ1n) is 9.05. The summed E-state index contributed by atoms with van der Waals surface area (Å²) in [7, 11) is 0. The van der Waals surface area contributed by atoms with Crippen LogP contribution in [0.5, 0.6) is 5.75 Å². The van der Waals surface area contributed by atoms with Crippen LogP contribution in [0.1, 0.15) is 40.6 Å². The van der Waals surface area contributed by atoms with Gasteiger partial charge in [0, 0.05) is 56.5 Å². The first-order valence-corrected chi connectivity index (χ1v) is 9.05.